The first-order valence-electron chi connectivity index (χ1n) is 5.78. The first-order chi connectivity index (χ1) is 9.04. The summed E-state index contributed by atoms with van der Waals surface area (Å²) >= 11 is 0. The fraction of sp³-hybridized carbons (Fsp3) is 0.286. The number of anilines is 2. The summed E-state index contributed by atoms with van der Waals surface area (Å²) in [4.78, 5) is 20.4. The molecule has 104 valence electrons. The Bertz CT molecular complexity index is 431. The van der Waals surface area contributed by atoms with E-state index in [0.717, 1.165) is 5.56 Å². The van der Waals surface area contributed by atoms with Crippen LogP contribution in [0.25, 0.3) is 0 Å². The standard InChI is InChI=1S/C12H16N2O.C2H4O2/c1-3-4-5-12(15)14-11-8-9(2)6-7-10(11)13;1-4-2-3/h3,6-8H,1,4-5,13H2,2H3,(H,14,15);2H,1H3. The number of carbonyl (C=O) groups excluding carboxylic acids is 2. The minimum absolute atomic E-state index is 0.0350. The summed E-state index contributed by atoms with van der Waals surface area (Å²) in [6.45, 7) is 5.90. The largest absolute Gasteiger partial charge is 0.471 e. The number of rotatable bonds is 5. The zero-order valence-corrected chi connectivity index (χ0v) is 11.3. The van der Waals surface area contributed by atoms with Crippen molar-refractivity contribution in [3.8, 4) is 0 Å². The van der Waals surface area contributed by atoms with E-state index in [1.165, 1.54) is 7.11 Å². The van der Waals surface area contributed by atoms with Crippen LogP contribution in [0.5, 0.6) is 0 Å². The minimum Gasteiger partial charge on any atom is -0.471 e. The molecule has 1 amide bonds. The zero-order chi connectivity index (χ0) is 14.7. The first-order valence-corrected chi connectivity index (χ1v) is 5.78. The number of methoxy groups -OCH3 is 1. The molecule has 0 heterocycles. The van der Waals surface area contributed by atoms with E-state index in [2.05, 4.69) is 16.6 Å². The van der Waals surface area contributed by atoms with Crippen molar-refractivity contribution < 1.29 is 14.3 Å². The van der Waals surface area contributed by atoms with Crippen molar-refractivity contribution in [1.29, 1.82) is 0 Å². The number of nitrogen functional groups attached to an aromatic ring is 1. The summed E-state index contributed by atoms with van der Waals surface area (Å²) in [6, 6.07) is 5.56. The summed E-state index contributed by atoms with van der Waals surface area (Å²) in [6.07, 6.45) is 2.84. The van der Waals surface area contributed by atoms with E-state index in [1.807, 2.05) is 19.1 Å². The lowest BCUT2D eigenvalue weighted by atomic mass is 10.2. The van der Waals surface area contributed by atoms with Gasteiger partial charge in [0.1, 0.15) is 0 Å². The molecular weight excluding hydrogens is 244 g/mol. The molecule has 19 heavy (non-hydrogen) atoms. The summed E-state index contributed by atoms with van der Waals surface area (Å²) in [5, 5.41) is 2.77. The molecule has 0 radical (unpaired) electrons. The lowest BCUT2D eigenvalue weighted by Gasteiger charge is -2.08. The number of hydrogen-bond acceptors (Lipinski definition) is 4. The Labute approximate surface area is 113 Å². The fourth-order valence-electron chi connectivity index (χ4n) is 1.22. The average Bonchev–Trinajstić information content (AvgIpc) is 2.41. The molecule has 3 N–H and O–H groups in total. The normalized spacial score (nSPS) is 8.74. The number of benzene rings is 1. The van der Waals surface area contributed by atoms with Gasteiger partial charge in [-0.05, 0) is 31.0 Å². The lowest BCUT2D eigenvalue weighted by molar-refractivity contribution is -0.126. The molecular formula is C14H20N2O3. The monoisotopic (exact) mass is 264 g/mol. The highest BCUT2D eigenvalue weighted by Crippen LogP contribution is 2.19. The molecule has 5 heteroatoms. The van der Waals surface area contributed by atoms with Crippen LogP contribution in [0.15, 0.2) is 30.9 Å². The number of nitrogens with two attached hydrogens (primary N) is 1. The number of ether oxygens (including phenoxy) is 1. The van der Waals surface area contributed by atoms with Crippen molar-refractivity contribution in [3.63, 3.8) is 0 Å². The Morgan fingerprint density at radius 2 is 2.16 bits per heavy atom. The number of carbonyl (C=O) groups is 2. The predicted molar refractivity (Wildman–Crippen MR) is 76.7 cm³/mol. The molecule has 0 fully saturated rings. The second kappa shape index (κ2) is 9.70. The van der Waals surface area contributed by atoms with Crippen LogP contribution in [0, 0.1) is 6.92 Å². The molecule has 1 aromatic rings. The third-order valence-electron chi connectivity index (χ3n) is 2.15. The third kappa shape index (κ3) is 7.59. The van der Waals surface area contributed by atoms with Gasteiger partial charge in [-0.25, -0.2) is 0 Å². The van der Waals surface area contributed by atoms with Gasteiger partial charge in [-0.2, -0.15) is 0 Å². The molecule has 0 atom stereocenters. The zero-order valence-electron chi connectivity index (χ0n) is 11.3. The smallest absolute Gasteiger partial charge is 0.292 e. The average molecular weight is 264 g/mol. The highest BCUT2D eigenvalue weighted by molar-refractivity contribution is 5.93. The van der Waals surface area contributed by atoms with Gasteiger partial charge in [0.15, 0.2) is 0 Å². The van der Waals surface area contributed by atoms with Crippen LogP contribution in [0.2, 0.25) is 0 Å². The molecule has 0 aliphatic rings. The Morgan fingerprint density at radius 1 is 1.53 bits per heavy atom. The maximum Gasteiger partial charge on any atom is 0.292 e. The van der Waals surface area contributed by atoms with Crippen LogP contribution in [0.3, 0.4) is 0 Å². The van der Waals surface area contributed by atoms with E-state index < -0.39 is 0 Å². The van der Waals surface area contributed by atoms with Crippen LogP contribution in [0.4, 0.5) is 11.4 Å². The Hall–Kier alpha value is -2.30. The van der Waals surface area contributed by atoms with Gasteiger partial charge < -0.3 is 15.8 Å². The summed E-state index contributed by atoms with van der Waals surface area (Å²) in [5.41, 5.74) is 8.08. The quantitative estimate of drug-likeness (QED) is 0.485. The van der Waals surface area contributed by atoms with Crippen LogP contribution >= 0.6 is 0 Å². The van der Waals surface area contributed by atoms with Gasteiger partial charge in [-0.3, -0.25) is 9.59 Å². The van der Waals surface area contributed by atoms with Crippen LogP contribution in [-0.4, -0.2) is 19.5 Å². The second-order valence-corrected chi connectivity index (χ2v) is 3.80. The number of allylic oxidation sites excluding steroid dienone is 1. The molecule has 0 saturated heterocycles. The lowest BCUT2D eigenvalue weighted by Crippen LogP contribution is -2.12. The van der Waals surface area contributed by atoms with Gasteiger partial charge in [-0.15, -0.1) is 6.58 Å². The van der Waals surface area contributed by atoms with Crippen LogP contribution < -0.4 is 11.1 Å². The maximum absolute atomic E-state index is 11.4. The molecule has 0 aliphatic heterocycles. The third-order valence-corrected chi connectivity index (χ3v) is 2.15. The van der Waals surface area contributed by atoms with E-state index in [1.54, 1.807) is 12.1 Å². The predicted octanol–water partition coefficient (Wildman–Crippen LogP) is 2.27. The molecule has 5 nitrogen and oxygen atoms in total. The van der Waals surface area contributed by atoms with Crippen molar-refractivity contribution in [1.82, 2.24) is 0 Å². The summed E-state index contributed by atoms with van der Waals surface area (Å²) < 4.78 is 3.86. The fourth-order valence-corrected chi connectivity index (χ4v) is 1.22. The summed E-state index contributed by atoms with van der Waals surface area (Å²) in [7, 11) is 1.31. The molecule has 0 saturated carbocycles. The van der Waals surface area contributed by atoms with Crippen LogP contribution in [0.1, 0.15) is 18.4 Å². The number of aryl methyl sites for hydroxylation is 1. The van der Waals surface area contributed by atoms with Gasteiger partial charge in [0, 0.05) is 6.42 Å². The van der Waals surface area contributed by atoms with Crippen molar-refractivity contribution in [2.24, 2.45) is 0 Å². The number of amides is 1. The highest BCUT2D eigenvalue weighted by Gasteiger charge is 2.04. The Balaban J connectivity index is 0.000000711. The van der Waals surface area contributed by atoms with Crippen molar-refractivity contribution in [2.45, 2.75) is 19.8 Å². The second-order valence-electron chi connectivity index (χ2n) is 3.80. The number of nitrogens with one attached hydrogen (secondary N) is 1. The van der Waals surface area contributed by atoms with Gasteiger partial charge in [0.05, 0.1) is 18.5 Å². The van der Waals surface area contributed by atoms with Gasteiger partial charge in [-0.1, -0.05) is 12.1 Å². The highest BCUT2D eigenvalue weighted by atomic mass is 16.5. The van der Waals surface area contributed by atoms with Crippen molar-refractivity contribution in [3.05, 3.63) is 36.4 Å². The Morgan fingerprint density at radius 3 is 2.68 bits per heavy atom. The van der Waals surface area contributed by atoms with Crippen molar-refractivity contribution in [2.75, 3.05) is 18.2 Å². The number of hydrogen-bond donors (Lipinski definition) is 2. The SMILES string of the molecule is C=CCCC(=O)Nc1cc(C)ccc1N.COC=O. The molecule has 1 rings (SSSR count). The molecule has 0 bridgehead atoms. The summed E-state index contributed by atoms with van der Waals surface area (Å²) in [5.74, 6) is -0.0350. The van der Waals surface area contributed by atoms with Gasteiger partial charge in [0.25, 0.3) is 6.47 Å². The molecule has 1 aromatic carbocycles. The molecule has 0 unspecified atom stereocenters. The van der Waals surface area contributed by atoms with E-state index >= 15 is 0 Å². The van der Waals surface area contributed by atoms with Crippen LogP contribution in [-0.2, 0) is 14.3 Å². The topological polar surface area (TPSA) is 81.4 Å². The van der Waals surface area contributed by atoms with E-state index in [-0.39, 0.29) is 5.91 Å². The maximum atomic E-state index is 11.4. The van der Waals surface area contributed by atoms with Gasteiger partial charge >= 0.3 is 0 Å². The van der Waals surface area contributed by atoms with E-state index in [9.17, 15) is 4.79 Å². The van der Waals surface area contributed by atoms with Gasteiger partial charge in [0.2, 0.25) is 5.91 Å². The molecule has 0 aromatic heterocycles. The van der Waals surface area contributed by atoms with E-state index in [0.29, 0.717) is 30.7 Å². The first kappa shape index (κ1) is 16.7. The molecule has 0 spiro atoms. The minimum atomic E-state index is -0.0350. The van der Waals surface area contributed by atoms with Crippen molar-refractivity contribution >= 4 is 23.8 Å². The molecule has 0 aliphatic carbocycles. The van der Waals surface area contributed by atoms with E-state index in [4.69, 9.17) is 10.5 Å². The Kier molecular flexibility index (Phi) is 8.53.